The summed E-state index contributed by atoms with van der Waals surface area (Å²) in [6.45, 7) is 0. The van der Waals surface area contributed by atoms with Crippen LogP contribution in [0.3, 0.4) is 0 Å². The normalized spacial score (nSPS) is 41.3. The summed E-state index contributed by atoms with van der Waals surface area (Å²) >= 11 is 0. The Hall–Kier alpha value is -0.220. The number of aliphatic hydroxyl groups excluding tert-OH is 1. The van der Waals surface area contributed by atoms with Crippen LogP contribution in [0.4, 0.5) is 8.78 Å². The van der Waals surface area contributed by atoms with Crippen LogP contribution in [0.25, 0.3) is 0 Å². The van der Waals surface area contributed by atoms with Gasteiger partial charge in [0.25, 0.3) is 5.92 Å². The Kier molecular flexibility index (Phi) is 1.44. The first-order valence-electron chi connectivity index (χ1n) is 2.83. The molecule has 0 aromatic rings. The smallest absolute Gasteiger partial charge is 0.252 e. The number of alkyl halides is 2. The van der Waals surface area contributed by atoms with Gasteiger partial charge in [-0.15, -0.1) is 0 Å². The van der Waals surface area contributed by atoms with Gasteiger partial charge in [-0.25, -0.2) is 8.78 Å². The second-order valence-corrected chi connectivity index (χ2v) is 2.50. The minimum Gasteiger partial charge on any atom is -0.391 e. The Balaban J connectivity index is 2.54. The van der Waals surface area contributed by atoms with E-state index < -0.39 is 24.5 Å². The van der Waals surface area contributed by atoms with Gasteiger partial charge in [0.05, 0.1) is 6.10 Å². The lowest BCUT2D eigenvalue weighted by Crippen LogP contribution is -2.28. The summed E-state index contributed by atoms with van der Waals surface area (Å²) in [6, 6.07) is -0.736. The van der Waals surface area contributed by atoms with Crippen molar-refractivity contribution in [3.8, 4) is 0 Å². The van der Waals surface area contributed by atoms with Crippen molar-refractivity contribution in [3.05, 3.63) is 0 Å². The molecular weight excluding hydrogens is 128 g/mol. The summed E-state index contributed by atoms with van der Waals surface area (Å²) in [4.78, 5) is 0. The van der Waals surface area contributed by atoms with Crippen LogP contribution in [0.2, 0.25) is 0 Å². The van der Waals surface area contributed by atoms with Crippen molar-refractivity contribution in [3.63, 3.8) is 0 Å². The lowest BCUT2D eigenvalue weighted by molar-refractivity contribution is -0.00355. The molecule has 2 unspecified atom stereocenters. The zero-order valence-electron chi connectivity index (χ0n) is 4.85. The molecule has 0 heterocycles. The van der Waals surface area contributed by atoms with Gasteiger partial charge < -0.3 is 10.8 Å². The second-order valence-electron chi connectivity index (χ2n) is 2.50. The number of halogens is 2. The molecule has 4 heteroatoms. The van der Waals surface area contributed by atoms with E-state index in [0.29, 0.717) is 0 Å². The molecule has 54 valence electrons. The monoisotopic (exact) mass is 137 g/mol. The van der Waals surface area contributed by atoms with E-state index in [1.807, 2.05) is 0 Å². The third-order valence-corrected chi connectivity index (χ3v) is 1.54. The van der Waals surface area contributed by atoms with E-state index in [1.165, 1.54) is 0 Å². The Bertz CT molecular complexity index is 106. The first kappa shape index (κ1) is 6.89. The van der Waals surface area contributed by atoms with Gasteiger partial charge in [-0.1, -0.05) is 0 Å². The van der Waals surface area contributed by atoms with Gasteiger partial charge in [0.1, 0.15) is 0 Å². The highest BCUT2D eigenvalue weighted by Crippen LogP contribution is 2.33. The average molecular weight is 137 g/mol. The van der Waals surface area contributed by atoms with Crippen LogP contribution in [-0.2, 0) is 0 Å². The van der Waals surface area contributed by atoms with Crippen LogP contribution in [-0.4, -0.2) is 23.2 Å². The van der Waals surface area contributed by atoms with Crippen molar-refractivity contribution >= 4 is 0 Å². The number of aliphatic hydroxyl groups is 1. The lowest BCUT2D eigenvalue weighted by atomic mass is 10.2. The first-order valence-corrected chi connectivity index (χ1v) is 2.83. The summed E-state index contributed by atoms with van der Waals surface area (Å²) < 4.78 is 24.4. The van der Waals surface area contributed by atoms with E-state index in [2.05, 4.69) is 0 Å². The molecule has 0 aromatic heterocycles. The molecule has 1 fully saturated rings. The van der Waals surface area contributed by atoms with E-state index in [0.717, 1.165) is 0 Å². The maximum Gasteiger partial charge on any atom is 0.252 e. The molecule has 0 aromatic carbocycles. The van der Waals surface area contributed by atoms with Gasteiger partial charge >= 0.3 is 0 Å². The largest absolute Gasteiger partial charge is 0.391 e. The molecule has 0 radical (unpaired) electrons. The van der Waals surface area contributed by atoms with Gasteiger partial charge in [0.2, 0.25) is 0 Å². The van der Waals surface area contributed by atoms with Crippen molar-refractivity contribution in [1.29, 1.82) is 0 Å². The number of nitrogens with two attached hydrogens (primary N) is 1. The number of hydrogen-bond donors (Lipinski definition) is 2. The highest BCUT2D eigenvalue weighted by molar-refractivity contribution is 4.90. The Labute approximate surface area is 51.7 Å². The third-order valence-electron chi connectivity index (χ3n) is 1.54. The van der Waals surface area contributed by atoms with E-state index in [4.69, 9.17) is 10.8 Å². The predicted molar refractivity (Wildman–Crippen MR) is 28.2 cm³/mol. The maximum atomic E-state index is 12.2. The standard InChI is InChI=1S/C5H9F2NO/c6-5(7)1-3(8)4(9)2-5/h3-4,9H,1-2,8H2. The molecule has 0 amide bonds. The first-order chi connectivity index (χ1) is 4.01. The highest BCUT2D eigenvalue weighted by atomic mass is 19.3. The van der Waals surface area contributed by atoms with Crippen LogP contribution < -0.4 is 5.73 Å². The molecular formula is C5H9F2NO. The van der Waals surface area contributed by atoms with Crippen molar-refractivity contribution in [2.45, 2.75) is 30.9 Å². The van der Waals surface area contributed by atoms with E-state index >= 15 is 0 Å². The summed E-state index contributed by atoms with van der Waals surface area (Å²) in [6.07, 6.45) is -1.87. The van der Waals surface area contributed by atoms with E-state index in [-0.39, 0.29) is 6.42 Å². The van der Waals surface area contributed by atoms with Gasteiger partial charge in [-0.3, -0.25) is 0 Å². The quantitative estimate of drug-likeness (QED) is 0.497. The molecule has 1 rings (SSSR count). The van der Waals surface area contributed by atoms with Crippen LogP contribution in [0.5, 0.6) is 0 Å². The fourth-order valence-electron chi connectivity index (χ4n) is 1.02. The Morgan fingerprint density at radius 1 is 1.44 bits per heavy atom. The molecule has 0 saturated heterocycles. The zero-order chi connectivity index (χ0) is 7.07. The molecule has 2 atom stereocenters. The maximum absolute atomic E-state index is 12.2. The van der Waals surface area contributed by atoms with Crippen LogP contribution in [0, 0.1) is 0 Å². The van der Waals surface area contributed by atoms with E-state index in [1.54, 1.807) is 0 Å². The van der Waals surface area contributed by atoms with Gasteiger partial charge in [-0.2, -0.15) is 0 Å². The fourth-order valence-corrected chi connectivity index (χ4v) is 1.02. The third kappa shape index (κ3) is 1.37. The summed E-state index contributed by atoms with van der Waals surface area (Å²) in [7, 11) is 0. The lowest BCUT2D eigenvalue weighted by Gasteiger charge is -2.04. The predicted octanol–water partition coefficient (Wildman–Crippen LogP) is 0.104. The Morgan fingerprint density at radius 3 is 2.11 bits per heavy atom. The molecule has 1 aliphatic rings. The van der Waals surface area contributed by atoms with Crippen molar-refractivity contribution in [2.75, 3.05) is 0 Å². The van der Waals surface area contributed by atoms with Crippen molar-refractivity contribution < 1.29 is 13.9 Å². The van der Waals surface area contributed by atoms with Gasteiger partial charge in [0, 0.05) is 18.9 Å². The fraction of sp³-hybridized carbons (Fsp3) is 1.00. The molecule has 3 N–H and O–H groups in total. The van der Waals surface area contributed by atoms with Crippen molar-refractivity contribution in [1.82, 2.24) is 0 Å². The highest BCUT2D eigenvalue weighted by Gasteiger charge is 2.43. The molecule has 0 bridgehead atoms. The minimum atomic E-state index is -2.74. The molecule has 9 heavy (non-hydrogen) atoms. The SMILES string of the molecule is NC1CC(F)(F)CC1O. The summed E-state index contributed by atoms with van der Waals surface area (Å²) in [5.41, 5.74) is 5.12. The molecule has 0 spiro atoms. The molecule has 2 nitrogen and oxygen atoms in total. The van der Waals surface area contributed by atoms with Crippen LogP contribution in [0.1, 0.15) is 12.8 Å². The summed E-state index contributed by atoms with van der Waals surface area (Å²) in [5, 5.41) is 8.73. The van der Waals surface area contributed by atoms with Gasteiger partial charge in [0.15, 0.2) is 0 Å². The molecule has 1 saturated carbocycles. The van der Waals surface area contributed by atoms with Gasteiger partial charge in [-0.05, 0) is 0 Å². The minimum absolute atomic E-state index is 0.381. The van der Waals surface area contributed by atoms with E-state index in [9.17, 15) is 8.78 Å². The number of rotatable bonds is 0. The average Bonchev–Trinajstić information content (AvgIpc) is 1.79. The topological polar surface area (TPSA) is 46.2 Å². The Morgan fingerprint density at radius 2 is 2.00 bits per heavy atom. The van der Waals surface area contributed by atoms with Crippen LogP contribution in [0.15, 0.2) is 0 Å². The molecule has 1 aliphatic carbocycles. The molecule has 0 aliphatic heterocycles. The van der Waals surface area contributed by atoms with Crippen LogP contribution >= 0.6 is 0 Å². The van der Waals surface area contributed by atoms with Crippen molar-refractivity contribution in [2.24, 2.45) is 5.73 Å². The number of hydrogen-bond acceptors (Lipinski definition) is 2. The zero-order valence-corrected chi connectivity index (χ0v) is 4.85. The second kappa shape index (κ2) is 1.88. The summed E-state index contributed by atoms with van der Waals surface area (Å²) in [5.74, 6) is -2.74.